The van der Waals surface area contributed by atoms with Crippen molar-refractivity contribution in [3.05, 3.63) is 47.8 Å². The number of aromatic nitrogens is 3. The van der Waals surface area contributed by atoms with Gasteiger partial charge in [0.15, 0.2) is 11.4 Å². The molecule has 3 heterocycles. The summed E-state index contributed by atoms with van der Waals surface area (Å²) in [5.74, 6) is -6.11. The SMILES string of the molecule is CC(N)c1ccnc2c(F)cc(-c3nc(NC4CCN(S(C)(=O)=O)CC4)ncc3F)cc12.O=C(O)CC(O)(CC(=O)O)C(=O)O. The molecule has 0 spiro atoms. The average Bonchev–Trinajstić information content (AvgIpc) is 2.93. The number of hydrogen-bond donors (Lipinski definition) is 6. The topological polar surface area (TPSA) is 246 Å². The molecule has 1 atom stereocenters. The quantitative estimate of drug-likeness (QED) is 0.182. The number of nitrogens with two attached hydrogens (primary N) is 1. The number of hydrogen-bond acceptors (Lipinski definition) is 11. The minimum absolute atomic E-state index is 0.0450. The summed E-state index contributed by atoms with van der Waals surface area (Å²) in [6.45, 7) is 2.54. The molecule has 1 unspecified atom stereocenters. The number of aliphatic hydroxyl groups is 1. The van der Waals surface area contributed by atoms with Gasteiger partial charge >= 0.3 is 17.9 Å². The number of carboxylic acids is 3. The van der Waals surface area contributed by atoms with Crippen LogP contribution in [0, 0.1) is 11.6 Å². The molecule has 0 radical (unpaired) electrons. The van der Waals surface area contributed by atoms with Crippen molar-refractivity contribution in [1.29, 1.82) is 0 Å². The maximum absolute atomic E-state index is 14.8. The largest absolute Gasteiger partial charge is 0.481 e. The smallest absolute Gasteiger partial charge is 0.336 e. The Morgan fingerprint density at radius 2 is 1.69 bits per heavy atom. The molecule has 0 aliphatic carbocycles. The molecule has 0 saturated carbocycles. The lowest BCUT2D eigenvalue weighted by molar-refractivity contribution is -0.170. The minimum Gasteiger partial charge on any atom is -0.481 e. The molecule has 1 aliphatic heterocycles. The predicted octanol–water partition coefficient (Wildman–Crippen LogP) is 1.58. The molecule has 4 rings (SSSR count). The van der Waals surface area contributed by atoms with Gasteiger partial charge in [-0.15, -0.1) is 0 Å². The van der Waals surface area contributed by atoms with E-state index in [0.717, 1.165) is 6.20 Å². The van der Waals surface area contributed by atoms with Crippen molar-refractivity contribution in [2.24, 2.45) is 5.73 Å². The lowest BCUT2D eigenvalue weighted by Crippen LogP contribution is -2.42. The third-order valence-electron chi connectivity index (χ3n) is 6.88. The molecule has 244 valence electrons. The number of aliphatic carboxylic acids is 3. The van der Waals surface area contributed by atoms with Gasteiger partial charge < -0.3 is 31.5 Å². The molecule has 3 aromatic rings. The van der Waals surface area contributed by atoms with Crippen LogP contribution >= 0.6 is 0 Å². The zero-order valence-corrected chi connectivity index (χ0v) is 25.0. The van der Waals surface area contributed by atoms with Crippen molar-refractivity contribution in [1.82, 2.24) is 19.3 Å². The molecule has 1 aromatic carbocycles. The normalized spacial score (nSPS) is 15.2. The van der Waals surface area contributed by atoms with Crippen LogP contribution in [0.5, 0.6) is 0 Å². The first-order valence-electron chi connectivity index (χ1n) is 13.4. The summed E-state index contributed by atoms with van der Waals surface area (Å²) < 4.78 is 54.2. The van der Waals surface area contributed by atoms with Crippen molar-refractivity contribution in [2.45, 2.75) is 50.3 Å². The molecule has 0 amide bonds. The van der Waals surface area contributed by atoms with E-state index in [1.165, 1.54) is 22.8 Å². The van der Waals surface area contributed by atoms with Gasteiger partial charge in [0.1, 0.15) is 17.0 Å². The van der Waals surface area contributed by atoms with Crippen LogP contribution in [0.1, 0.15) is 44.2 Å². The van der Waals surface area contributed by atoms with E-state index in [1.807, 2.05) is 0 Å². The van der Waals surface area contributed by atoms with Crippen LogP contribution in [-0.2, 0) is 24.4 Å². The van der Waals surface area contributed by atoms with Gasteiger partial charge in [-0.05, 0) is 43.5 Å². The van der Waals surface area contributed by atoms with Crippen molar-refractivity contribution in [3.8, 4) is 11.3 Å². The van der Waals surface area contributed by atoms with E-state index in [0.29, 0.717) is 36.9 Å². The lowest BCUT2D eigenvalue weighted by Gasteiger charge is -2.30. The molecular weight excluding hydrogens is 622 g/mol. The van der Waals surface area contributed by atoms with Gasteiger partial charge in [0.2, 0.25) is 16.0 Å². The molecule has 1 aliphatic rings. The fourth-order valence-electron chi connectivity index (χ4n) is 4.63. The van der Waals surface area contributed by atoms with Crippen molar-refractivity contribution < 1.29 is 52.0 Å². The summed E-state index contributed by atoms with van der Waals surface area (Å²) in [4.78, 5) is 42.8. The highest BCUT2D eigenvalue weighted by Crippen LogP contribution is 2.31. The number of piperidine rings is 1. The number of fused-ring (bicyclic) bond motifs is 1. The molecule has 18 heteroatoms. The first-order chi connectivity index (χ1) is 20.9. The molecule has 2 aromatic heterocycles. The number of sulfonamides is 1. The fraction of sp³-hybridized carbons (Fsp3) is 0.407. The average molecular weight is 655 g/mol. The van der Waals surface area contributed by atoms with Gasteiger partial charge in [0.25, 0.3) is 0 Å². The first kappa shape index (κ1) is 35.1. The third kappa shape index (κ3) is 9.07. The minimum atomic E-state index is -3.23. The number of nitrogens with one attached hydrogen (secondary N) is 1. The molecule has 7 N–H and O–H groups in total. The van der Waals surface area contributed by atoms with Gasteiger partial charge in [-0.25, -0.2) is 36.3 Å². The van der Waals surface area contributed by atoms with E-state index in [2.05, 4.69) is 20.3 Å². The molecule has 45 heavy (non-hydrogen) atoms. The second-order valence-corrected chi connectivity index (χ2v) is 12.5. The summed E-state index contributed by atoms with van der Waals surface area (Å²) in [7, 11) is -3.23. The highest BCUT2D eigenvalue weighted by molar-refractivity contribution is 7.88. The number of rotatable bonds is 10. The molecular formula is C27H32F2N6O9S. The summed E-state index contributed by atoms with van der Waals surface area (Å²) in [6.07, 6.45) is 2.56. The van der Waals surface area contributed by atoms with Crippen molar-refractivity contribution in [3.63, 3.8) is 0 Å². The van der Waals surface area contributed by atoms with E-state index < -0.39 is 58.0 Å². The van der Waals surface area contributed by atoms with Crippen LogP contribution < -0.4 is 11.1 Å². The number of nitrogens with zero attached hydrogens (tertiary/aromatic N) is 4. The first-order valence-corrected chi connectivity index (χ1v) is 15.2. The van der Waals surface area contributed by atoms with E-state index >= 15 is 0 Å². The van der Waals surface area contributed by atoms with Gasteiger partial charge in [-0.1, -0.05) is 0 Å². The highest BCUT2D eigenvalue weighted by atomic mass is 32.2. The molecule has 1 fully saturated rings. The molecule has 15 nitrogen and oxygen atoms in total. The summed E-state index contributed by atoms with van der Waals surface area (Å²) in [6, 6.07) is 4.11. The Balaban J connectivity index is 0.000000360. The summed E-state index contributed by atoms with van der Waals surface area (Å²) in [5, 5.41) is 37.4. The van der Waals surface area contributed by atoms with Gasteiger partial charge in [0, 0.05) is 42.3 Å². The Labute approximate surface area is 255 Å². The Kier molecular flexibility index (Phi) is 11.0. The number of benzene rings is 1. The van der Waals surface area contributed by atoms with Gasteiger partial charge in [-0.3, -0.25) is 14.6 Å². The second kappa shape index (κ2) is 14.1. The van der Waals surface area contributed by atoms with Crippen LogP contribution in [0.4, 0.5) is 14.7 Å². The van der Waals surface area contributed by atoms with Crippen LogP contribution in [0.3, 0.4) is 0 Å². The Morgan fingerprint density at radius 1 is 1.09 bits per heavy atom. The monoisotopic (exact) mass is 654 g/mol. The number of carbonyl (C=O) groups is 3. The number of halogens is 2. The maximum Gasteiger partial charge on any atom is 0.336 e. The fourth-order valence-corrected chi connectivity index (χ4v) is 5.51. The lowest BCUT2D eigenvalue weighted by atomic mass is 9.96. The Bertz CT molecular complexity index is 1680. The summed E-state index contributed by atoms with van der Waals surface area (Å²) in [5.41, 5.74) is 4.34. The molecule has 0 bridgehead atoms. The van der Waals surface area contributed by atoms with Gasteiger partial charge in [0.05, 0.1) is 25.3 Å². The van der Waals surface area contributed by atoms with E-state index in [-0.39, 0.29) is 34.8 Å². The maximum atomic E-state index is 14.8. The van der Waals surface area contributed by atoms with Gasteiger partial charge in [-0.2, -0.15) is 0 Å². The van der Waals surface area contributed by atoms with Crippen LogP contribution in [0.25, 0.3) is 22.2 Å². The second-order valence-electron chi connectivity index (χ2n) is 10.5. The van der Waals surface area contributed by atoms with E-state index in [9.17, 15) is 31.6 Å². The highest BCUT2D eigenvalue weighted by Gasteiger charge is 2.40. The number of pyridine rings is 1. The summed E-state index contributed by atoms with van der Waals surface area (Å²) >= 11 is 0. The number of carboxylic acid groups (broad SMARTS) is 3. The van der Waals surface area contributed by atoms with Crippen LogP contribution in [0.2, 0.25) is 0 Å². The predicted molar refractivity (Wildman–Crippen MR) is 155 cm³/mol. The van der Waals surface area contributed by atoms with E-state index in [1.54, 1.807) is 19.1 Å². The number of anilines is 1. The van der Waals surface area contributed by atoms with Crippen LogP contribution in [0.15, 0.2) is 30.6 Å². The van der Waals surface area contributed by atoms with Crippen LogP contribution in [-0.4, -0.2) is 97.0 Å². The van der Waals surface area contributed by atoms with Crippen molar-refractivity contribution in [2.75, 3.05) is 24.7 Å². The molecule has 1 saturated heterocycles. The van der Waals surface area contributed by atoms with Crippen molar-refractivity contribution >= 4 is 44.8 Å². The zero-order chi connectivity index (χ0) is 33.7. The Hall–Kier alpha value is -4.39. The standard InChI is InChI=1S/C21H24F2N6O2S.C6H8O7/c1-12(24)15-3-6-25-20-16(15)9-13(10-17(20)22)19-18(23)11-26-21(28-19)27-14-4-7-29(8-5-14)32(2,30)31;7-3(8)1-6(13,5(11)12)2-4(9)10/h3,6,9-12,14H,4-5,7-8,24H2,1-2H3,(H,26,27,28);13H,1-2H2,(H,7,8)(H,9,10)(H,11,12). The zero-order valence-electron chi connectivity index (χ0n) is 24.1. The third-order valence-corrected chi connectivity index (χ3v) is 8.19. The van der Waals surface area contributed by atoms with E-state index in [4.69, 9.17) is 26.2 Å². The Morgan fingerprint density at radius 3 is 2.20 bits per heavy atom.